The Morgan fingerprint density at radius 3 is 1.27 bits per heavy atom. The second-order valence-corrected chi connectivity index (χ2v) is 12.1. The van der Waals surface area contributed by atoms with Gasteiger partial charge >= 0.3 is 0 Å². The second kappa shape index (κ2) is 21.4. The van der Waals surface area contributed by atoms with Gasteiger partial charge in [0.05, 0.1) is 5.92 Å². The van der Waals surface area contributed by atoms with E-state index in [-0.39, 0.29) is 0 Å². The van der Waals surface area contributed by atoms with Crippen LogP contribution >= 0.6 is 0 Å². The zero-order valence-electron chi connectivity index (χ0n) is 25.6. The van der Waals surface area contributed by atoms with E-state index in [0.717, 1.165) is 19.0 Å². The molecular formula is C38H57N2+. The highest BCUT2D eigenvalue weighted by Gasteiger charge is 2.35. The first kappa shape index (κ1) is 32.2. The topological polar surface area (TPSA) is 24.7 Å². The predicted octanol–water partition coefficient (Wildman–Crippen LogP) is 11.4. The Morgan fingerprint density at radius 2 is 0.875 bits per heavy atom. The first-order valence-corrected chi connectivity index (χ1v) is 16.9. The first-order chi connectivity index (χ1) is 19.9. The van der Waals surface area contributed by atoms with Crippen molar-refractivity contribution in [2.75, 3.05) is 0 Å². The van der Waals surface area contributed by atoms with Crippen LogP contribution in [0.2, 0.25) is 0 Å². The molecule has 3 rings (SSSR count). The molecular weight excluding hydrogens is 484 g/mol. The van der Waals surface area contributed by atoms with Crippen molar-refractivity contribution in [2.45, 2.75) is 135 Å². The van der Waals surface area contributed by atoms with Crippen LogP contribution in [-0.2, 0) is 12.8 Å². The van der Waals surface area contributed by atoms with Crippen LogP contribution in [0.15, 0.2) is 70.6 Å². The van der Waals surface area contributed by atoms with Gasteiger partial charge in [-0.2, -0.15) is 0 Å². The third kappa shape index (κ3) is 13.8. The molecule has 0 N–H and O–H groups in total. The van der Waals surface area contributed by atoms with Crippen LogP contribution in [0, 0.1) is 18.0 Å². The second-order valence-electron chi connectivity index (χ2n) is 12.1. The van der Waals surface area contributed by atoms with E-state index in [1.807, 2.05) is 12.4 Å². The van der Waals surface area contributed by atoms with Crippen LogP contribution in [0.1, 0.15) is 134 Å². The average Bonchev–Trinajstić information content (AvgIpc) is 3.52. The van der Waals surface area contributed by atoms with Crippen molar-refractivity contribution in [2.24, 2.45) is 21.8 Å². The molecule has 218 valence electrons. The monoisotopic (exact) mass is 541 g/mol. The summed E-state index contributed by atoms with van der Waals surface area (Å²) < 4.78 is 0. The standard InChI is InChI=1S/C38H57N2/c1-2-3-4-5-6-7-8-9-10-11-12-13-14-15-16-17-24-29-37(38-39-30-31-40-38)36(32-34-25-20-18-21-26-34)33-35-27-22-19-23-28-35/h18-23,25-28,30-31,36-37H,2-17,24,29,32-33H2,1H3/q+1. The normalized spacial score (nSPS) is 13.5. The fourth-order valence-electron chi connectivity index (χ4n) is 6.30. The van der Waals surface area contributed by atoms with Crippen LogP contribution < -0.4 is 0 Å². The lowest BCUT2D eigenvalue weighted by atomic mass is 9.78. The molecule has 0 saturated carbocycles. The molecule has 1 heterocycles. The molecule has 40 heavy (non-hydrogen) atoms. The molecule has 0 spiro atoms. The van der Waals surface area contributed by atoms with Crippen LogP contribution in [0.4, 0.5) is 0 Å². The van der Waals surface area contributed by atoms with Crippen molar-refractivity contribution in [3.63, 3.8) is 0 Å². The third-order valence-corrected chi connectivity index (χ3v) is 8.68. The Hall–Kier alpha value is -2.35. The number of unbranched alkanes of at least 4 members (excludes halogenated alkanes) is 16. The Bertz CT molecular complexity index is 850. The minimum Gasteiger partial charge on any atom is -0.0965 e. The summed E-state index contributed by atoms with van der Waals surface area (Å²) in [6.07, 6.45) is 32.2. The first-order valence-electron chi connectivity index (χ1n) is 16.9. The summed E-state index contributed by atoms with van der Waals surface area (Å²) in [5.41, 5.74) is 2.84. The van der Waals surface area contributed by atoms with Crippen molar-refractivity contribution in [3.8, 4) is 0 Å². The number of benzene rings is 2. The summed E-state index contributed by atoms with van der Waals surface area (Å²) >= 11 is 0. The SMILES string of the molecule is CCCCCCCCCCCCCCCCCCCC([C+]1N=CC=N1)C(Cc1ccccc1)Cc1ccccc1. The van der Waals surface area contributed by atoms with E-state index >= 15 is 0 Å². The average molecular weight is 542 g/mol. The van der Waals surface area contributed by atoms with Gasteiger partial charge in [-0.25, -0.2) is 0 Å². The highest BCUT2D eigenvalue weighted by Crippen LogP contribution is 2.36. The summed E-state index contributed by atoms with van der Waals surface area (Å²) in [4.78, 5) is 9.41. The summed E-state index contributed by atoms with van der Waals surface area (Å²) in [6, 6.07) is 22.0. The molecule has 2 nitrogen and oxygen atoms in total. The van der Waals surface area contributed by atoms with Gasteiger partial charge in [0.15, 0.2) is 12.4 Å². The van der Waals surface area contributed by atoms with Gasteiger partial charge in [0.25, 0.3) is 0 Å². The zero-order valence-corrected chi connectivity index (χ0v) is 25.6. The lowest BCUT2D eigenvalue weighted by molar-refractivity contribution is 0.306. The number of hydrogen-bond acceptors (Lipinski definition) is 2. The molecule has 2 aromatic carbocycles. The van der Waals surface area contributed by atoms with E-state index in [9.17, 15) is 0 Å². The van der Waals surface area contributed by atoms with Gasteiger partial charge in [-0.3, -0.25) is 0 Å². The van der Waals surface area contributed by atoms with Crippen molar-refractivity contribution in [1.29, 1.82) is 0 Å². The van der Waals surface area contributed by atoms with Crippen molar-refractivity contribution in [1.82, 2.24) is 0 Å². The molecule has 1 unspecified atom stereocenters. The molecule has 0 aliphatic carbocycles. The highest BCUT2D eigenvalue weighted by molar-refractivity contribution is 6.18. The smallest absolute Gasteiger partial charge is 0.0965 e. The molecule has 0 saturated heterocycles. The maximum Gasteiger partial charge on any atom is 0.244 e. The van der Waals surface area contributed by atoms with E-state index < -0.39 is 0 Å². The van der Waals surface area contributed by atoms with E-state index in [4.69, 9.17) is 9.98 Å². The summed E-state index contributed by atoms with van der Waals surface area (Å²) in [5.74, 6) is 0.917. The molecule has 0 bridgehead atoms. The van der Waals surface area contributed by atoms with Crippen LogP contribution in [0.3, 0.4) is 0 Å². The molecule has 1 aliphatic heterocycles. The third-order valence-electron chi connectivity index (χ3n) is 8.68. The van der Waals surface area contributed by atoms with Gasteiger partial charge < -0.3 is 0 Å². The van der Waals surface area contributed by atoms with Crippen LogP contribution in [0.5, 0.6) is 0 Å². The van der Waals surface area contributed by atoms with Crippen molar-refractivity contribution >= 4 is 12.4 Å². The quantitative estimate of drug-likeness (QED) is 0.0932. The minimum absolute atomic E-state index is 0.409. The lowest BCUT2D eigenvalue weighted by Gasteiger charge is -2.26. The van der Waals surface area contributed by atoms with Crippen molar-refractivity contribution in [3.05, 3.63) is 78.0 Å². The van der Waals surface area contributed by atoms with Gasteiger partial charge in [0.1, 0.15) is 0 Å². The molecule has 2 heteroatoms. The number of nitrogens with zero attached hydrogens (tertiary/aromatic N) is 2. The molecule has 0 radical (unpaired) electrons. The predicted molar refractivity (Wildman–Crippen MR) is 176 cm³/mol. The number of aliphatic imine (C=N–C) groups is 2. The van der Waals surface area contributed by atoms with E-state index in [1.165, 1.54) is 127 Å². The Balaban J connectivity index is 1.32. The fraction of sp³-hybridized carbons (Fsp3) is 0.605. The van der Waals surface area contributed by atoms with Crippen molar-refractivity contribution < 1.29 is 0 Å². The van der Waals surface area contributed by atoms with Crippen LogP contribution in [-0.4, -0.2) is 12.4 Å². The summed E-state index contributed by atoms with van der Waals surface area (Å²) in [7, 11) is 0. The largest absolute Gasteiger partial charge is 0.244 e. The van der Waals surface area contributed by atoms with Gasteiger partial charge in [0, 0.05) is 0 Å². The van der Waals surface area contributed by atoms with Gasteiger partial charge in [0.2, 0.25) is 6.17 Å². The fourth-order valence-corrected chi connectivity index (χ4v) is 6.30. The molecule has 1 aliphatic rings. The maximum absolute atomic E-state index is 4.70. The molecule has 0 fully saturated rings. The van der Waals surface area contributed by atoms with Gasteiger partial charge in [-0.1, -0.05) is 187 Å². The highest BCUT2D eigenvalue weighted by atomic mass is 15.0. The maximum atomic E-state index is 4.70. The van der Waals surface area contributed by atoms with Gasteiger partial charge in [-0.15, -0.1) is 0 Å². The van der Waals surface area contributed by atoms with E-state index in [2.05, 4.69) is 67.6 Å². The summed E-state index contributed by atoms with van der Waals surface area (Å²) in [5, 5.41) is 0. The number of hydrogen-bond donors (Lipinski definition) is 0. The molecule has 0 aromatic heterocycles. The molecule has 1 atom stereocenters. The minimum atomic E-state index is 0.409. The van der Waals surface area contributed by atoms with E-state index in [1.54, 1.807) is 0 Å². The Kier molecular flexibility index (Phi) is 17.2. The Morgan fingerprint density at radius 1 is 0.500 bits per heavy atom. The van der Waals surface area contributed by atoms with Crippen LogP contribution in [0.25, 0.3) is 0 Å². The zero-order chi connectivity index (χ0) is 27.9. The van der Waals surface area contributed by atoms with Gasteiger partial charge in [-0.05, 0) is 36.3 Å². The van der Waals surface area contributed by atoms with E-state index in [0.29, 0.717) is 11.8 Å². The summed E-state index contributed by atoms with van der Waals surface area (Å²) in [6.45, 7) is 2.30. The lowest BCUT2D eigenvalue weighted by Crippen LogP contribution is -2.24. The molecule has 2 aromatic rings. The Labute approximate surface area is 247 Å². The number of rotatable bonds is 24. The molecule has 0 amide bonds.